The van der Waals surface area contributed by atoms with Gasteiger partial charge in [-0.25, -0.2) is 8.42 Å². The van der Waals surface area contributed by atoms with Crippen molar-refractivity contribution in [2.75, 3.05) is 43.1 Å². The molecular weight excluding hydrogens is 256 g/mol. The zero-order valence-electron chi connectivity index (χ0n) is 10.4. The summed E-state index contributed by atoms with van der Waals surface area (Å²) < 4.78 is 22.8. The number of hydrogen-bond acceptors (Lipinski definition) is 5. The lowest BCUT2D eigenvalue weighted by atomic mass is 10.2. The lowest BCUT2D eigenvalue weighted by Gasteiger charge is -2.28. The number of hydrogen-bond donors (Lipinski definition) is 1. The molecule has 17 heavy (non-hydrogen) atoms. The molecule has 0 aromatic rings. The standard InChI is InChI=1S/C11H22N2O2S2/c1-13(11-3-7-17(14,15)9-11)5-2-10-8-16-6-4-12-10/h10-12H,2-9H2,1H3. The zero-order chi connectivity index (χ0) is 12.3. The van der Waals surface area contributed by atoms with Gasteiger partial charge in [0.25, 0.3) is 0 Å². The molecule has 4 nitrogen and oxygen atoms in total. The lowest BCUT2D eigenvalue weighted by molar-refractivity contribution is 0.249. The second-order valence-corrected chi connectivity index (χ2v) is 8.43. The van der Waals surface area contributed by atoms with E-state index in [1.807, 2.05) is 11.8 Å². The Labute approximate surface area is 108 Å². The summed E-state index contributed by atoms with van der Waals surface area (Å²) in [6, 6.07) is 0.852. The van der Waals surface area contributed by atoms with Crippen molar-refractivity contribution in [1.82, 2.24) is 10.2 Å². The lowest BCUT2D eigenvalue weighted by Crippen LogP contribution is -2.41. The van der Waals surface area contributed by atoms with Gasteiger partial charge in [-0.3, -0.25) is 0 Å². The number of sulfone groups is 1. The average Bonchev–Trinajstić information content (AvgIpc) is 2.68. The highest BCUT2D eigenvalue weighted by atomic mass is 32.2. The summed E-state index contributed by atoms with van der Waals surface area (Å²) in [6.07, 6.45) is 1.94. The van der Waals surface area contributed by atoms with Crippen molar-refractivity contribution in [2.45, 2.75) is 24.9 Å². The molecule has 2 fully saturated rings. The van der Waals surface area contributed by atoms with E-state index in [0.29, 0.717) is 17.5 Å². The van der Waals surface area contributed by atoms with Crippen molar-refractivity contribution in [1.29, 1.82) is 0 Å². The quantitative estimate of drug-likeness (QED) is 0.796. The molecule has 0 saturated carbocycles. The van der Waals surface area contributed by atoms with E-state index in [9.17, 15) is 8.42 Å². The van der Waals surface area contributed by atoms with Crippen LogP contribution in [0.15, 0.2) is 0 Å². The molecule has 6 heteroatoms. The fraction of sp³-hybridized carbons (Fsp3) is 1.00. The summed E-state index contributed by atoms with van der Waals surface area (Å²) in [5.41, 5.74) is 0. The number of nitrogens with one attached hydrogen (secondary N) is 1. The van der Waals surface area contributed by atoms with Gasteiger partial charge in [0.2, 0.25) is 0 Å². The molecule has 0 bridgehead atoms. The van der Waals surface area contributed by atoms with Crippen LogP contribution < -0.4 is 5.32 Å². The van der Waals surface area contributed by atoms with Gasteiger partial charge in [-0.15, -0.1) is 0 Å². The van der Waals surface area contributed by atoms with Crippen molar-refractivity contribution in [3.63, 3.8) is 0 Å². The van der Waals surface area contributed by atoms with Crippen LogP contribution in [0.2, 0.25) is 0 Å². The molecule has 2 aliphatic heterocycles. The Morgan fingerprint density at radius 1 is 1.47 bits per heavy atom. The highest BCUT2D eigenvalue weighted by molar-refractivity contribution is 7.99. The van der Waals surface area contributed by atoms with Crippen LogP contribution in [0.4, 0.5) is 0 Å². The summed E-state index contributed by atoms with van der Waals surface area (Å²) >= 11 is 2.01. The molecule has 100 valence electrons. The monoisotopic (exact) mass is 278 g/mol. The second-order valence-electron chi connectivity index (χ2n) is 5.05. The van der Waals surface area contributed by atoms with Gasteiger partial charge in [-0.1, -0.05) is 0 Å². The summed E-state index contributed by atoms with van der Waals surface area (Å²) in [6.45, 7) is 2.11. The van der Waals surface area contributed by atoms with E-state index in [1.54, 1.807) is 0 Å². The molecule has 0 aliphatic carbocycles. The maximum atomic E-state index is 11.4. The Bertz CT molecular complexity index is 339. The van der Waals surface area contributed by atoms with Crippen LogP contribution in [0.5, 0.6) is 0 Å². The van der Waals surface area contributed by atoms with Crippen LogP contribution in [0, 0.1) is 0 Å². The molecule has 0 radical (unpaired) electrons. The maximum absolute atomic E-state index is 11.4. The minimum Gasteiger partial charge on any atom is -0.312 e. The third-order valence-electron chi connectivity index (χ3n) is 3.66. The van der Waals surface area contributed by atoms with Gasteiger partial charge in [-0.2, -0.15) is 11.8 Å². The molecule has 2 rings (SSSR count). The van der Waals surface area contributed by atoms with Gasteiger partial charge >= 0.3 is 0 Å². The van der Waals surface area contributed by atoms with Crippen LogP contribution in [0.25, 0.3) is 0 Å². The minimum absolute atomic E-state index is 0.247. The van der Waals surface area contributed by atoms with Crippen molar-refractivity contribution in [3.05, 3.63) is 0 Å². The van der Waals surface area contributed by atoms with Crippen molar-refractivity contribution in [3.8, 4) is 0 Å². The summed E-state index contributed by atoms with van der Waals surface area (Å²) in [5.74, 6) is 3.14. The molecule has 2 heterocycles. The number of rotatable bonds is 4. The molecule has 0 aromatic carbocycles. The fourth-order valence-corrected chi connectivity index (χ4v) is 5.27. The van der Waals surface area contributed by atoms with Crippen LogP contribution in [-0.4, -0.2) is 68.5 Å². The normalized spacial score (nSPS) is 33.1. The first kappa shape index (κ1) is 13.6. The second kappa shape index (κ2) is 5.91. The van der Waals surface area contributed by atoms with Crippen LogP contribution in [0.1, 0.15) is 12.8 Å². The Morgan fingerprint density at radius 2 is 2.29 bits per heavy atom. The maximum Gasteiger partial charge on any atom is 0.151 e. The Balaban J connectivity index is 1.72. The smallest absolute Gasteiger partial charge is 0.151 e. The highest BCUT2D eigenvalue weighted by Crippen LogP contribution is 2.17. The fourth-order valence-electron chi connectivity index (χ4n) is 2.47. The first-order valence-electron chi connectivity index (χ1n) is 6.28. The van der Waals surface area contributed by atoms with Gasteiger partial charge in [-0.05, 0) is 26.4 Å². The molecule has 2 unspecified atom stereocenters. The van der Waals surface area contributed by atoms with Crippen molar-refractivity contribution < 1.29 is 8.42 Å². The van der Waals surface area contributed by atoms with Crippen LogP contribution >= 0.6 is 11.8 Å². The highest BCUT2D eigenvalue weighted by Gasteiger charge is 2.30. The van der Waals surface area contributed by atoms with E-state index in [2.05, 4.69) is 17.3 Å². The van der Waals surface area contributed by atoms with Gasteiger partial charge in [0, 0.05) is 30.1 Å². The van der Waals surface area contributed by atoms with E-state index in [0.717, 1.165) is 25.9 Å². The average molecular weight is 278 g/mol. The predicted octanol–water partition coefficient (Wildman–Crippen LogP) is 0.200. The van der Waals surface area contributed by atoms with E-state index >= 15 is 0 Å². The SMILES string of the molecule is CN(CCC1CSCCN1)C1CCS(=O)(=O)C1. The third kappa shape index (κ3) is 4.12. The number of nitrogens with zero attached hydrogens (tertiary/aromatic N) is 1. The first-order chi connectivity index (χ1) is 8.07. The van der Waals surface area contributed by atoms with Crippen molar-refractivity contribution in [2.24, 2.45) is 0 Å². The topological polar surface area (TPSA) is 49.4 Å². The van der Waals surface area contributed by atoms with E-state index in [1.165, 1.54) is 11.5 Å². The number of thioether (sulfide) groups is 1. The summed E-state index contributed by atoms with van der Waals surface area (Å²) in [4.78, 5) is 2.23. The summed E-state index contributed by atoms with van der Waals surface area (Å²) in [5, 5.41) is 3.52. The summed E-state index contributed by atoms with van der Waals surface area (Å²) in [7, 11) is -0.688. The molecule has 0 aromatic heterocycles. The molecule has 2 aliphatic rings. The Hall–Kier alpha value is 0.220. The van der Waals surface area contributed by atoms with Gasteiger partial charge in [0.05, 0.1) is 11.5 Å². The third-order valence-corrected chi connectivity index (χ3v) is 6.54. The molecule has 1 N–H and O–H groups in total. The minimum atomic E-state index is -2.75. The Morgan fingerprint density at radius 3 is 2.88 bits per heavy atom. The van der Waals surface area contributed by atoms with Gasteiger partial charge in [0.1, 0.15) is 0 Å². The Kier molecular flexibility index (Phi) is 4.74. The molecule has 2 atom stereocenters. The van der Waals surface area contributed by atoms with E-state index in [-0.39, 0.29) is 6.04 Å². The van der Waals surface area contributed by atoms with Crippen LogP contribution in [-0.2, 0) is 9.84 Å². The van der Waals surface area contributed by atoms with E-state index in [4.69, 9.17) is 0 Å². The first-order valence-corrected chi connectivity index (χ1v) is 9.26. The largest absolute Gasteiger partial charge is 0.312 e. The molecule has 2 saturated heterocycles. The molecular formula is C11H22N2O2S2. The van der Waals surface area contributed by atoms with Crippen molar-refractivity contribution >= 4 is 21.6 Å². The molecule has 0 spiro atoms. The van der Waals surface area contributed by atoms with Gasteiger partial charge < -0.3 is 10.2 Å². The van der Waals surface area contributed by atoms with E-state index < -0.39 is 9.84 Å². The zero-order valence-corrected chi connectivity index (χ0v) is 12.0. The van der Waals surface area contributed by atoms with Gasteiger partial charge in [0.15, 0.2) is 9.84 Å². The molecule has 0 amide bonds. The predicted molar refractivity (Wildman–Crippen MR) is 73.4 cm³/mol. The van der Waals surface area contributed by atoms with Crippen LogP contribution in [0.3, 0.4) is 0 Å².